The Balaban J connectivity index is 1.60. The number of hydrogen-bond donors (Lipinski definition) is 0. The lowest BCUT2D eigenvalue weighted by Gasteiger charge is -2.27. The first-order chi connectivity index (χ1) is 13.5. The Morgan fingerprint density at radius 2 is 1.93 bits per heavy atom. The molecule has 1 saturated heterocycles. The third-order valence-electron chi connectivity index (χ3n) is 5.99. The second kappa shape index (κ2) is 8.32. The summed E-state index contributed by atoms with van der Waals surface area (Å²) in [6.45, 7) is 7.22. The maximum absolute atomic E-state index is 6.57. The van der Waals surface area contributed by atoms with Crippen LogP contribution in [0.4, 0.5) is 5.82 Å². The first-order valence-corrected chi connectivity index (χ1v) is 11.0. The maximum atomic E-state index is 6.57. The quantitative estimate of drug-likeness (QED) is 0.594. The molecule has 1 aliphatic heterocycles. The van der Waals surface area contributed by atoms with Crippen LogP contribution in [0.3, 0.4) is 0 Å². The minimum atomic E-state index is 0.146. The van der Waals surface area contributed by atoms with Gasteiger partial charge in [-0.05, 0) is 51.4 Å². The summed E-state index contributed by atoms with van der Waals surface area (Å²) in [6, 6.07) is 4.10. The van der Waals surface area contributed by atoms with Crippen molar-refractivity contribution in [3.63, 3.8) is 0 Å². The first kappa shape index (κ1) is 19.6. The molecule has 4 rings (SSSR count). The molecule has 0 amide bonds. The largest absolute Gasteiger partial charge is 0.474 e. The molecular weight excluding hydrogens is 374 g/mol. The molecule has 28 heavy (non-hydrogen) atoms. The fourth-order valence-corrected chi connectivity index (χ4v) is 4.46. The molecule has 2 aromatic heterocycles. The third kappa shape index (κ3) is 4.00. The molecule has 0 aromatic carbocycles. The van der Waals surface area contributed by atoms with Crippen molar-refractivity contribution in [3.05, 3.63) is 34.2 Å². The summed E-state index contributed by atoms with van der Waals surface area (Å²) in [6.07, 6.45) is 8.34. The minimum absolute atomic E-state index is 0.146. The van der Waals surface area contributed by atoms with Gasteiger partial charge >= 0.3 is 0 Å². The van der Waals surface area contributed by atoms with Crippen molar-refractivity contribution in [2.45, 2.75) is 83.8 Å². The molecule has 1 saturated carbocycles. The molecule has 2 fully saturated rings. The van der Waals surface area contributed by atoms with Crippen LogP contribution in [0.15, 0.2) is 16.7 Å². The molecular formula is C22H30ClN3O2. The van der Waals surface area contributed by atoms with Crippen LogP contribution in [0.5, 0.6) is 5.88 Å². The molecule has 5 nitrogen and oxygen atoms in total. The Labute approximate surface area is 172 Å². The van der Waals surface area contributed by atoms with Gasteiger partial charge in [0.05, 0.1) is 16.8 Å². The second-order valence-electron chi connectivity index (χ2n) is 8.43. The molecule has 1 unspecified atom stereocenters. The highest BCUT2D eigenvalue weighted by Gasteiger charge is 2.32. The summed E-state index contributed by atoms with van der Waals surface area (Å²) < 4.78 is 11.9. The number of aromatic nitrogens is 2. The number of anilines is 1. The van der Waals surface area contributed by atoms with Gasteiger partial charge in [0.1, 0.15) is 11.9 Å². The summed E-state index contributed by atoms with van der Waals surface area (Å²) in [7, 11) is 0. The van der Waals surface area contributed by atoms with Gasteiger partial charge in [0.15, 0.2) is 5.76 Å². The fraction of sp³-hybridized carbons (Fsp3) is 0.636. The zero-order chi connectivity index (χ0) is 19.7. The zero-order valence-electron chi connectivity index (χ0n) is 17.1. The van der Waals surface area contributed by atoms with E-state index in [0.29, 0.717) is 16.8 Å². The van der Waals surface area contributed by atoms with E-state index in [1.807, 2.05) is 13.0 Å². The van der Waals surface area contributed by atoms with E-state index in [1.165, 1.54) is 19.3 Å². The van der Waals surface area contributed by atoms with Crippen LogP contribution in [0, 0.1) is 6.92 Å². The number of hydrogen-bond acceptors (Lipinski definition) is 5. The number of rotatable bonds is 5. The van der Waals surface area contributed by atoms with Gasteiger partial charge in [0.25, 0.3) is 0 Å². The molecule has 2 aliphatic rings. The molecule has 1 atom stereocenters. The number of pyridine rings is 1. The average Bonchev–Trinajstić information content (AvgIpc) is 3.34. The molecule has 152 valence electrons. The Kier molecular flexibility index (Phi) is 5.81. The molecule has 2 aromatic rings. The van der Waals surface area contributed by atoms with Crippen molar-refractivity contribution in [1.82, 2.24) is 10.1 Å². The molecule has 0 N–H and O–H groups in total. The topological polar surface area (TPSA) is 51.4 Å². The number of halogens is 1. The van der Waals surface area contributed by atoms with Gasteiger partial charge in [-0.25, -0.2) is 0 Å². The van der Waals surface area contributed by atoms with E-state index in [4.69, 9.17) is 25.8 Å². The fourth-order valence-electron chi connectivity index (χ4n) is 4.29. The van der Waals surface area contributed by atoms with Gasteiger partial charge in [-0.3, -0.25) is 0 Å². The average molecular weight is 404 g/mol. The van der Waals surface area contributed by atoms with Gasteiger partial charge in [-0.2, -0.15) is 4.98 Å². The lowest BCUT2D eigenvalue weighted by molar-refractivity contribution is 0.148. The summed E-state index contributed by atoms with van der Waals surface area (Å²) in [5.41, 5.74) is 1.99. The van der Waals surface area contributed by atoms with E-state index in [2.05, 4.69) is 30.0 Å². The van der Waals surface area contributed by atoms with Crippen molar-refractivity contribution in [1.29, 1.82) is 0 Å². The molecule has 0 radical (unpaired) electrons. The summed E-state index contributed by atoms with van der Waals surface area (Å²) >= 11 is 6.57. The Bertz CT molecular complexity index is 814. The highest BCUT2D eigenvalue weighted by atomic mass is 35.5. The Hall–Kier alpha value is -1.75. The predicted molar refractivity (Wildman–Crippen MR) is 111 cm³/mol. The van der Waals surface area contributed by atoms with Gasteiger partial charge < -0.3 is 14.2 Å². The number of ether oxygens (including phenoxy) is 1. The van der Waals surface area contributed by atoms with Crippen LogP contribution in [-0.2, 0) is 0 Å². The van der Waals surface area contributed by atoms with Crippen LogP contribution < -0.4 is 9.64 Å². The maximum Gasteiger partial charge on any atom is 0.216 e. The van der Waals surface area contributed by atoms with E-state index in [-0.39, 0.29) is 12.1 Å². The van der Waals surface area contributed by atoms with Gasteiger partial charge in [-0.1, -0.05) is 37.0 Å². The monoisotopic (exact) mass is 403 g/mol. The van der Waals surface area contributed by atoms with Gasteiger partial charge in [-0.15, -0.1) is 0 Å². The van der Waals surface area contributed by atoms with Crippen molar-refractivity contribution in [2.75, 3.05) is 11.4 Å². The van der Waals surface area contributed by atoms with E-state index in [0.717, 1.165) is 55.1 Å². The number of nitrogens with zero attached hydrogens (tertiary/aromatic N) is 3. The zero-order valence-corrected chi connectivity index (χ0v) is 17.8. The van der Waals surface area contributed by atoms with E-state index < -0.39 is 0 Å². The van der Waals surface area contributed by atoms with Crippen molar-refractivity contribution in [3.8, 4) is 5.88 Å². The molecule has 1 aliphatic carbocycles. The summed E-state index contributed by atoms with van der Waals surface area (Å²) in [5, 5.41) is 4.96. The van der Waals surface area contributed by atoms with Crippen molar-refractivity contribution >= 4 is 17.4 Å². The van der Waals surface area contributed by atoms with Crippen molar-refractivity contribution < 1.29 is 9.26 Å². The highest BCUT2D eigenvalue weighted by Crippen LogP contribution is 2.40. The van der Waals surface area contributed by atoms with Crippen molar-refractivity contribution in [2.24, 2.45) is 0 Å². The van der Waals surface area contributed by atoms with Crippen LogP contribution in [-0.4, -0.2) is 22.8 Å². The standard InChI is InChI=1S/C22H30ClN3O2/c1-14(2)18-13-20(28-25-18)19-10-7-11-26(19)22-15(3)17(23)12-21(24-22)27-16-8-5-4-6-9-16/h12-14,16,19H,4-11H2,1-3H3. The minimum Gasteiger partial charge on any atom is -0.474 e. The molecule has 3 heterocycles. The lowest BCUT2D eigenvalue weighted by atomic mass is 9.98. The van der Waals surface area contributed by atoms with Crippen LogP contribution in [0.1, 0.15) is 87.8 Å². The molecule has 6 heteroatoms. The van der Waals surface area contributed by atoms with E-state index in [9.17, 15) is 0 Å². The van der Waals surface area contributed by atoms with Crippen LogP contribution in [0.25, 0.3) is 0 Å². The predicted octanol–water partition coefficient (Wildman–Crippen LogP) is 6.21. The second-order valence-corrected chi connectivity index (χ2v) is 8.84. The third-order valence-corrected chi connectivity index (χ3v) is 6.38. The Morgan fingerprint density at radius 3 is 2.64 bits per heavy atom. The normalized spacial score (nSPS) is 20.9. The molecule has 0 bridgehead atoms. The van der Waals surface area contributed by atoms with Crippen LogP contribution in [0.2, 0.25) is 5.02 Å². The summed E-state index contributed by atoms with van der Waals surface area (Å²) in [5.74, 6) is 2.82. The highest BCUT2D eigenvalue weighted by molar-refractivity contribution is 6.31. The lowest BCUT2D eigenvalue weighted by Crippen LogP contribution is -2.25. The summed E-state index contributed by atoms with van der Waals surface area (Å²) in [4.78, 5) is 7.19. The SMILES string of the molecule is Cc1c(Cl)cc(OC2CCCCC2)nc1N1CCCC1c1cc(C(C)C)no1. The van der Waals surface area contributed by atoms with E-state index in [1.54, 1.807) is 0 Å². The van der Waals surface area contributed by atoms with E-state index >= 15 is 0 Å². The smallest absolute Gasteiger partial charge is 0.216 e. The molecule has 0 spiro atoms. The first-order valence-electron chi connectivity index (χ1n) is 10.6. The van der Waals surface area contributed by atoms with Gasteiger partial charge in [0, 0.05) is 24.2 Å². The van der Waals surface area contributed by atoms with Gasteiger partial charge in [0.2, 0.25) is 5.88 Å². The van der Waals surface area contributed by atoms with Crippen LogP contribution >= 0.6 is 11.6 Å². The Morgan fingerprint density at radius 1 is 1.14 bits per heavy atom.